The van der Waals surface area contributed by atoms with Gasteiger partial charge in [0.15, 0.2) is 46.5 Å². The molecule has 0 saturated carbocycles. The standard InChI is InChI=1S/C22H20F2N4O2.C14H13F2N3O.C13H12F2N4O.C8H10IN3O.C6H5BF2O2/c1-13-2-4-14(5-3-13)10-19(29)27-8-9-28-18(12-27)20(22(25)30)21(26-28)15-6-7-16(23)17(24)11-15;15-9-5-4-8(7-10(9)16)13-12(14(17)20)11-3-1-2-6-19(11)18-13;14-8-2-1-7(5-9(8)15)12-11(13(16)20)10-6-17-3-4-19(10)18-12;9-7-6(8(10)13)5-3-1-2-4-12(5)11-7;8-5-2-1-4(7(10)11)3-6(5)9/h2-7,11H,8-10,12H2,1H3,(H2,25,30);4-5,7H,1-3,6H2,(H2,17,20);1-2,5,17H,3-4,6H2,(H2,16,20);1-4H2,(H2,10,13);1-3,10-11H. The molecule has 13 rings (SSSR count). The topological polar surface area (TPSA) is 316 Å². The Balaban J connectivity index is 0.000000144. The van der Waals surface area contributed by atoms with Crippen LogP contribution in [0.5, 0.6) is 0 Å². The van der Waals surface area contributed by atoms with E-state index in [1.807, 2.05) is 35.9 Å². The van der Waals surface area contributed by atoms with Crippen molar-refractivity contribution in [1.29, 1.82) is 0 Å². The van der Waals surface area contributed by atoms with Gasteiger partial charge in [0.2, 0.25) is 5.91 Å². The van der Waals surface area contributed by atoms with Gasteiger partial charge in [-0.3, -0.25) is 42.7 Å². The zero-order valence-electron chi connectivity index (χ0n) is 50.1. The van der Waals surface area contributed by atoms with Crippen LogP contribution in [0.25, 0.3) is 33.8 Å². The van der Waals surface area contributed by atoms with Crippen LogP contribution in [0.15, 0.2) is 97.1 Å². The van der Waals surface area contributed by atoms with Gasteiger partial charge in [0.25, 0.3) is 23.6 Å². The third kappa shape index (κ3) is 15.7. The van der Waals surface area contributed by atoms with Gasteiger partial charge in [-0.25, -0.2) is 35.1 Å². The van der Waals surface area contributed by atoms with E-state index in [1.165, 1.54) is 18.2 Å². The fourth-order valence-electron chi connectivity index (χ4n) is 11.0. The number of nitrogens with one attached hydrogen (secondary N) is 1. The first-order valence-corrected chi connectivity index (χ1v) is 30.3. The Bertz CT molecular complexity index is 4250. The van der Waals surface area contributed by atoms with Gasteiger partial charge in [0, 0.05) is 49.4 Å². The number of hydrogen-bond donors (Lipinski definition) is 7. The van der Waals surface area contributed by atoms with Crippen molar-refractivity contribution in [3.05, 3.63) is 203 Å². The van der Waals surface area contributed by atoms with Crippen LogP contribution in [-0.4, -0.2) is 104 Å². The number of aromatic nitrogens is 8. The van der Waals surface area contributed by atoms with Crippen molar-refractivity contribution in [2.45, 2.75) is 91.1 Å². The van der Waals surface area contributed by atoms with Crippen molar-refractivity contribution < 1.29 is 69.1 Å². The van der Waals surface area contributed by atoms with Gasteiger partial charge in [-0.2, -0.15) is 20.4 Å². The predicted molar refractivity (Wildman–Crippen MR) is 336 cm³/mol. The fraction of sp³-hybridized carbons (Fsp3) is 0.254. The van der Waals surface area contributed by atoms with E-state index in [2.05, 4.69) is 48.3 Å². The van der Waals surface area contributed by atoms with E-state index in [0.29, 0.717) is 72.1 Å². The van der Waals surface area contributed by atoms with Crippen molar-refractivity contribution in [3.8, 4) is 33.8 Å². The van der Waals surface area contributed by atoms with E-state index in [1.54, 1.807) is 18.9 Å². The molecule has 490 valence electrons. The molecule has 0 atom stereocenters. The van der Waals surface area contributed by atoms with Crippen molar-refractivity contribution in [2.75, 3.05) is 13.1 Å². The molecule has 4 aromatic heterocycles. The van der Waals surface area contributed by atoms with Crippen molar-refractivity contribution in [1.82, 2.24) is 49.3 Å². The van der Waals surface area contributed by atoms with E-state index in [9.17, 15) is 59.1 Å². The third-order valence-corrected chi connectivity index (χ3v) is 16.4. The quantitative estimate of drug-likeness (QED) is 0.0428. The average Bonchev–Trinajstić information content (AvgIpc) is 1.71. The number of nitrogens with two attached hydrogens (primary N) is 4. The number of primary amides is 4. The Morgan fingerprint density at radius 2 is 0.904 bits per heavy atom. The summed E-state index contributed by atoms with van der Waals surface area (Å²) in [6.45, 7) is 6.36. The Hall–Kier alpha value is -9.60. The van der Waals surface area contributed by atoms with Crippen LogP contribution in [0.1, 0.15) is 101 Å². The van der Waals surface area contributed by atoms with Gasteiger partial charge in [0.1, 0.15) is 20.8 Å². The molecule has 0 bridgehead atoms. The molecule has 4 aliphatic rings. The van der Waals surface area contributed by atoms with Gasteiger partial charge in [-0.1, -0.05) is 35.9 Å². The first-order chi connectivity index (χ1) is 44.8. The number of carbonyl (C=O) groups is 5. The number of nitrogens with zero attached hydrogens (tertiary/aromatic N) is 9. The molecule has 0 aliphatic carbocycles. The number of hydrogen-bond acceptors (Lipinski definition) is 12. The highest BCUT2D eigenvalue weighted by Crippen LogP contribution is 2.33. The Kier molecular flexibility index (Phi) is 21.9. The smallest absolute Gasteiger partial charge is 0.423 e. The second-order valence-electron chi connectivity index (χ2n) is 22.0. The summed E-state index contributed by atoms with van der Waals surface area (Å²) in [6.07, 6.45) is 6.10. The van der Waals surface area contributed by atoms with Crippen LogP contribution < -0.4 is 33.7 Å². The zero-order chi connectivity index (χ0) is 67.8. The molecule has 8 heterocycles. The molecule has 0 saturated heterocycles. The molecule has 0 unspecified atom stereocenters. The lowest BCUT2D eigenvalue weighted by Crippen LogP contribution is -2.40. The van der Waals surface area contributed by atoms with E-state index in [0.717, 1.165) is 132 Å². The second kappa shape index (κ2) is 30.0. The van der Waals surface area contributed by atoms with Crippen molar-refractivity contribution in [2.24, 2.45) is 22.9 Å². The lowest BCUT2D eigenvalue weighted by molar-refractivity contribution is -0.132. The SMILES string of the molecule is Cc1ccc(CC(=O)N2CCn3nc(-c4ccc(F)c(F)c4)c(C(N)=O)c3C2)cc1.NC(=O)c1c(-c2ccc(F)c(F)c2)nn2c1CCCC2.NC(=O)c1c(-c2ccc(F)c(F)c2)nn2c1CNCC2.NC(=O)c1c(I)nn2c1CCCC2.OB(O)c1ccc(F)c(F)c1. The number of carbonyl (C=O) groups excluding carboxylic acids is 5. The monoisotopic (exact) mass is 1410 g/mol. The largest absolute Gasteiger partial charge is 0.488 e. The minimum absolute atomic E-state index is 0.0658. The number of amides is 5. The van der Waals surface area contributed by atoms with Gasteiger partial charge >= 0.3 is 7.12 Å². The van der Waals surface area contributed by atoms with Crippen LogP contribution in [0.3, 0.4) is 0 Å². The van der Waals surface area contributed by atoms with Crippen LogP contribution in [0, 0.1) is 57.2 Å². The maximum atomic E-state index is 13.7. The molecule has 5 amide bonds. The van der Waals surface area contributed by atoms with E-state index >= 15 is 0 Å². The molecule has 31 heteroatoms. The van der Waals surface area contributed by atoms with Crippen LogP contribution >= 0.6 is 22.6 Å². The molecule has 4 aliphatic heterocycles. The molecule has 11 N–H and O–H groups in total. The highest BCUT2D eigenvalue weighted by atomic mass is 127. The second-order valence-corrected chi connectivity index (χ2v) is 23.0. The van der Waals surface area contributed by atoms with E-state index < -0.39 is 71.4 Å². The maximum Gasteiger partial charge on any atom is 0.488 e. The average molecular weight is 1410 g/mol. The molecular formula is C63H60BF8IN14O7. The highest BCUT2D eigenvalue weighted by Gasteiger charge is 2.32. The third-order valence-electron chi connectivity index (χ3n) is 15.6. The Morgan fingerprint density at radius 3 is 1.36 bits per heavy atom. The summed E-state index contributed by atoms with van der Waals surface area (Å²) >= 11 is 2.06. The van der Waals surface area contributed by atoms with Crippen LogP contribution in [-0.2, 0) is 63.3 Å². The molecule has 0 fully saturated rings. The number of rotatable bonds is 10. The lowest BCUT2D eigenvalue weighted by Gasteiger charge is -2.28. The summed E-state index contributed by atoms with van der Waals surface area (Å²) in [5.41, 5.74) is 29.7. The van der Waals surface area contributed by atoms with Crippen LogP contribution in [0.2, 0.25) is 0 Å². The predicted octanol–water partition coefficient (Wildman–Crippen LogP) is 6.68. The molecule has 5 aromatic carbocycles. The van der Waals surface area contributed by atoms with E-state index in [-0.39, 0.29) is 58.3 Å². The molecule has 94 heavy (non-hydrogen) atoms. The summed E-state index contributed by atoms with van der Waals surface area (Å²) in [4.78, 5) is 61.1. The minimum Gasteiger partial charge on any atom is -0.423 e. The van der Waals surface area contributed by atoms with Gasteiger partial charge in [0.05, 0.1) is 71.1 Å². The number of halogens is 9. The first-order valence-electron chi connectivity index (χ1n) is 29.2. The molecule has 21 nitrogen and oxygen atoms in total. The number of fused-ring (bicyclic) bond motifs is 4. The maximum absolute atomic E-state index is 13.7. The summed E-state index contributed by atoms with van der Waals surface area (Å²) in [5, 5.41) is 37.4. The summed E-state index contributed by atoms with van der Waals surface area (Å²) < 4.78 is 112. The number of benzene rings is 5. The van der Waals surface area contributed by atoms with Gasteiger partial charge in [-0.05, 0) is 146 Å². The first kappa shape index (κ1) is 68.8. The van der Waals surface area contributed by atoms with Gasteiger partial charge in [-0.15, -0.1) is 0 Å². The fourth-order valence-corrected chi connectivity index (χ4v) is 11.8. The molecular weight excluding hydrogens is 1350 g/mol. The summed E-state index contributed by atoms with van der Waals surface area (Å²) in [6, 6.07) is 20.6. The molecule has 0 spiro atoms. The Labute approximate surface area is 545 Å². The van der Waals surface area contributed by atoms with E-state index in [4.69, 9.17) is 33.0 Å². The molecule has 0 radical (unpaired) electrons. The zero-order valence-corrected chi connectivity index (χ0v) is 52.3. The Morgan fingerprint density at radius 1 is 0.489 bits per heavy atom. The summed E-state index contributed by atoms with van der Waals surface area (Å²) in [5.74, 6) is -10.3. The number of aryl methyl sites for hydroxylation is 3. The minimum atomic E-state index is -1.76. The summed E-state index contributed by atoms with van der Waals surface area (Å²) in [7, 11) is -1.76. The molecule has 9 aromatic rings. The van der Waals surface area contributed by atoms with Gasteiger partial charge < -0.3 is 43.2 Å². The van der Waals surface area contributed by atoms with Crippen molar-refractivity contribution in [3.63, 3.8) is 0 Å². The van der Waals surface area contributed by atoms with Crippen molar-refractivity contribution >= 4 is 64.7 Å². The lowest BCUT2D eigenvalue weighted by atomic mass is 9.80. The highest BCUT2D eigenvalue weighted by molar-refractivity contribution is 14.1. The normalized spacial score (nSPS) is 13.5. The van der Waals surface area contributed by atoms with Crippen LogP contribution in [0.4, 0.5) is 35.1 Å².